The maximum absolute atomic E-state index is 5.72. The van der Waals surface area contributed by atoms with Crippen molar-refractivity contribution < 1.29 is 0 Å². The lowest BCUT2D eigenvalue weighted by atomic mass is 10.3. The molecule has 6 nitrogen and oxygen atoms in total. The molecule has 2 heterocycles. The standard InChI is InChI=1S/C12H18N6/c1-3-5-10-15-6-7-18(10)11-8-9(14-4-2)16-12(13)17-11/h6-8H,3-5H2,1-2H3,(H3,13,14,16,17). The molecule has 6 heteroatoms. The van der Waals surface area contributed by atoms with Gasteiger partial charge in [-0.1, -0.05) is 6.92 Å². The molecule has 18 heavy (non-hydrogen) atoms. The van der Waals surface area contributed by atoms with E-state index in [1.807, 2.05) is 23.8 Å². The summed E-state index contributed by atoms with van der Waals surface area (Å²) in [5.74, 6) is 2.73. The molecule has 0 aromatic carbocycles. The van der Waals surface area contributed by atoms with Crippen molar-refractivity contribution in [1.29, 1.82) is 0 Å². The third-order valence-corrected chi connectivity index (χ3v) is 2.53. The van der Waals surface area contributed by atoms with Crippen molar-refractivity contribution in [3.8, 4) is 5.82 Å². The number of rotatable bonds is 5. The SMILES string of the molecule is CCCc1nccn1-c1cc(NCC)nc(N)n1. The minimum Gasteiger partial charge on any atom is -0.370 e. The number of nitrogens with one attached hydrogen (secondary N) is 1. The second-order valence-electron chi connectivity index (χ2n) is 3.96. The monoisotopic (exact) mass is 246 g/mol. The Kier molecular flexibility index (Phi) is 3.76. The van der Waals surface area contributed by atoms with Crippen molar-refractivity contribution in [1.82, 2.24) is 19.5 Å². The summed E-state index contributed by atoms with van der Waals surface area (Å²) in [6, 6.07) is 1.88. The van der Waals surface area contributed by atoms with Crippen LogP contribution in [0.25, 0.3) is 5.82 Å². The van der Waals surface area contributed by atoms with Crippen LogP contribution >= 0.6 is 0 Å². The van der Waals surface area contributed by atoms with Gasteiger partial charge in [0.05, 0.1) is 0 Å². The molecule has 0 amide bonds. The van der Waals surface area contributed by atoms with E-state index >= 15 is 0 Å². The summed E-state index contributed by atoms with van der Waals surface area (Å²) in [7, 11) is 0. The van der Waals surface area contributed by atoms with E-state index in [-0.39, 0.29) is 5.95 Å². The molecule has 0 atom stereocenters. The number of nitrogens with zero attached hydrogens (tertiary/aromatic N) is 4. The number of anilines is 2. The number of aryl methyl sites for hydroxylation is 1. The topological polar surface area (TPSA) is 81.7 Å². The zero-order valence-electron chi connectivity index (χ0n) is 10.7. The minimum atomic E-state index is 0.264. The van der Waals surface area contributed by atoms with E-state index in [0.717, 1.165) is 36.8 Å². The molecule has 0 bridgehead atoms. The molecule has 0 unspecified atom stereocenters. The Morgan fingerprint density at radius 1 is 1.33 bits per heavy atom. The van der Waals surface area contributed by atoms with Gasteiger partial charge in [-0.05, 0) is 13.3 Å². The predicted octanol–water partition coefficient (Wildman–Crippen LogP) is 1.63. The first-order chi connectivity index (χ1) is 8.74. The maximum Gasteiger partial charge on any atom is 0.223 e. The van der Waals surface area contributed by atoms with Crippen LogP contribution in [0.15, 0.2) is 18.5 Å². The Labute approximate surface area is 106 Å². The highest BCUT2D eigenvalue weighted by molar-refractivity contribution is 5.46. The minimum absolute atomic E-state index is 0.264. The number of aromatic nitrogens is 4. The van der Waals surface area contributed by atoms with Crippen molar-refractivity contribution in [2.24, 2.45) is 0 Å². The Bertz CT molecular complexity index is 519. The van der Waals surface area contributed by atoms with Crippen LogP contribution in [0, 0.1) is 0 Å². The van der Waals surface area contributed by atoms with Crippen LogP contribution in [0.3, 0.4) is 0 Å². The Morgan fingerprint density at radius 3 is 2.89 bits per heavy atom. The number of hydrogen-bond acceptors (Lipinski definition) is 5. The van der Waals surface area contributed by atoms with E-state index in [2.05, 4.69) is 27.2 Å². The second-order valence-corrected chi connectivity index (χ2v) is 3.96. The largest absolute Gasteiger partial charge is 0.370 e. The Morgan fingerprint density at radius 2 is 2.17 bits per heavy atom. The number of imidazole rings is 1. The van der Waals surface area contributed by atoms with E-state index in [0.29, 0.717) is 0 Å². The molecule has 0 radical (unpaired) electrons. The molecule has 0 fully saturated rings. The molecule has 2 aromatic rings. The number of hydrogen-bond donors (Lipinski definition) is 2. The fourth-order valence-electron chi connectivity index (χ4n) is 1.80. The number of nitrogen functional groups attached to an aromatic ring is 1. The van der Waals surface area contributed by atoms with Gasteiger partial charge in [-0.25, -0.2) is 4.98 Å². The fraction of sp³-hybridized carbons (Fsp3) is 0.417. The Balaban J connectivity index is 2.39. The highest BCUT2D eigenvalue weighted by Gasteiger charge is 2.08. The summed E-state index contributed by atoms with van der Waals surface area (Å²) in [5, 5.41) is 3.14. The van der Waals surface area contributed by atoms with Gasteiger partial charge >= 0.3 is 0 Å². The molecule has 2 rings (SSSR count). The van der Waals surface area contributed by atoms with Crippen LogP contribution in [0.1, 0.15) is 26.1 Å². The summed E-state index contributed by atoms with van der Waals surface area (Å²) >= 11 is 0. The molecule has 96 valence electrons. The van der Waals surface area contributed by atoms with E-state index < -0.39 is 0 Å². The molecule has 0 aliphatic heterocycles. The van der Waals surface area contributed by atoms with Crippen molar-refractivity contribution in [2.45, 2.75) is 26.7 Å². The first kappa shape index (κ1) is 12.3. The molecule has 3 N–H and O–H groups in total. The average Bonchev–Trinajstić information content (AvgIpc) is 2.77. The maximum atomic E-state index is 5.72. The molecule has 0 spiro atoms. The lowest BCUT2D eigenvalue weighted by Gasteiger charge is -2.09. The van der Waals surface area contributed by atoms with Gasteiger partial charge in [-0.2, -0.15) is 9.97 Å². The van der Waals surface area contributed by atoms with E-state index in [9.17, 15) is 0 Å². The molecule has 0 aliphatic rings. The van der Waals surface area contributed by atoms with Gasteiger partial charge in [0.25, 0.3) is 0 Å². The quantitative estimate of drug-likeness (QED) is 0.838. The lowest BCUT2D eigenvalue weighted by molar-refractivity contribution is 0.797. The summed E-state index contributed by atoms with van der Waals surface area (Å²) in [6.45, 7) is 4.93. The van der Waals surface area contributed by atoms with Crippen molar-refractivity contribution in [2.75, 3.05) is 17.6 Å². The van der Waals surface area contributed by atoms with Gasteiger partial charge in [-0.15, -0.1) is 0 Å². The molecule has 2 aromatic heterocycles. The molecule has 0 aliphatic carbocycles. The summed E-state index contributed by atoms with van der Waals surface area (Å²) < 4.78 is 1.95. The fourth-order valence-corrected chi connectivity index (χ4v) is 1.80. The predicted molar refractivity (Wildman–Crippen MR) is 71.7 cm³/mol. The van der Waals surface area contributed by atoms with Crippen LogP contribution in [0.2, 0.25) is 0 Å². The highest BCUT2D eigenvalue weighted by atomic mass is 15.2. The van der Waals surface area contributed by atoms with Gasteiger partial charge in [0, 0.05) is 31.4 Å². The van der Waals surface area contributed by atoms with Gasteiger partial charge in [0.15, 0.2) is 0 Å². The molecule has 0 saturated heterocycles. The van der Waals surface area contributed by atoms with Crippen LogP contribution in [-0.4, -0.2) is 26.1 Å². The summed E-state index contributed by atoms with van der Waals surface area (Å²) in [6.07, 6.45) is 5.61. The normalized spacial score (nSPS) is 10.6. The third-order valence-electron chi connectivity index (χ3n) is 2.53. The first-order valence-electron chi connectivity index (χ1n) is 6.15. The molecular formula is C12H18N6. The van der Waals surface area contributed by atoms with E-state index in [1.54, 1.807) is 6.20 Å². The van der Waals surface area contributed by atoms with Gasteiger partial charge in [0.1, 0.15) is 17.5 Å². The van der Waals surface area contributed by atoms with Crippen molar-refractivity contribution in [3.05, 3.63) is 24.3 Å². The average molecular weight is 246 g/mol. The smallest absolute Gasteiger partial charge is 0.223 e. The van der Waals surface area contributed by atoms with Gasteiger partial charge < -0.3 is 11.1 Å². The summed E-state index contributed by atoms with van der Waals surface area (Å²) in [4.78, 5) is 12.7. The zero-order chi connectivity index (χ0) is 13.0. The van der Waals surface area contributed by atoms with Crippen molar-refractivity contribution >= 4 is 11.8 Å². The first-order valence-corrected chi connectivity index (χ1v) is 6.15. The second kappa shape index (κ2) is 5.48. The van der Waals surface area contributed by atoms with E-state index in [1.165, 1.54) is 0 Å². The third kappa shape index (κ3) is 2.58. The van der Waals surface area contributed by atoms with Crippen LogP contribution < -0.4 is 11.1 Å². The summed E-state index contributed by atoms with van der Waals surface area (Å²) in [5.41, 5.74) is 5.72. The van der Waals surface area contributed by atoms with Crippen LogP contribution in [-0.2, 0) is 6.42 Å². The Hall–Kier alpha value is -2.11. The van der Waals surface area contributed by atoms with Crippen LogP contribution in [0.4, 0.5) is 11.8 Å². The van der Waals surface area contributed by atoms with Gasteiger partial charge in [-0.3, -0.25) is 4.57 Å². The molecule has 0 saturated carbocycles. The lowest BCUT2D eigenvalue weighted by Crippen LogP contribution is -2.08. The van der Waals surface area contributed by atoms with E-state index in [4.69, 9.17) is 5.73 Å². The highest BCUT2D eigenvalue weighted by Crippen LogP contribution is 2.14. The number of nitrogens with two attached hydrogens (primary N) is 1. The van der Waals surface area contributed by atoms with Crippen LogP contribution in [0.5, 0.6) is 0 Å². The van der Waals surface area contributed by atoms with Crippen molar-refractivity contribution in [3.63, 3.8) is 0 Å². The molecular weight excluding hydrogens is 228 g/mol. The van der Waals surface area contributed by atoms with Gasteiger partial charge in [0.2, 0.25) is 5.95 Å². The zero-order valence-corrected chi connectivity index (χ0v) is 10.7.